The predicted octanol–water partition coefficient (Wildman–Crippen LogP) is 4.10. The molecule has 0 amide bonds. The fraction of sp³-hybridized carbons (Fsp3) is 0.310. The van der Waals surface area contributed by atoms with Gasteiger partial charge in [-0.05, 0) is 38.5 Å². The summed E-state index contributed by atoms with van der Waals surface area (Å²) in [5.41, 5.74) is 5.16. The molecular weight excluding hydrogens is 567 g/mol. The number of rotatable bonds is 8. The summed E-state index contributed by atoms with van der Waals surface area (Å²) in [5.74, 6) is 2.09. The van der Waals surface area contributed by atoms with Crippen LogP contribution in [-0.4, -0.2) is 81.4 Å². The molecule has 1 fully saturated rings. The van der Waals surface area contributed by atoms with E-state index in [4.69, 9.17) is 19.4 Å². The highest BCUT2D eigenvalue weighted by Crippen LogP contribution is 2.41. The molecule has 4 aromatic heterocycles. The molecule has 0 unspecified atom stereocenters. The van der Waals surface area contributed by atoms with Crippen LogP contribution in [0.15, 0.2) is 49.2 Å². The molecule has 0 aliphatic carbocycles. The SMILES string of the molecule is COc1nc(N2CCOCC2)c(-c2cnn(C)c2)cc1Nc1ncc(C)c(Nc2ccc3nccnc3c2P(C)(C)=O)n1. The van der Waals surface area contributed by atoms with Gasteiger partial charge in [-0.25, -0.2) is 4.98 Å². The Morgan fingerprint density at radius 3 is 2.51 bits per heavy atom. The first-order chi connectivity index (χ1) is 20.7. The molecule has 2 N–H and O–H groups in total. The van der Waals surface area contributed by atoms with E-state index >= 15 is 0 Å². The third kappa shape index (κ3) is 5.86. The summed E-state index contributed by atoms with van der Waals surface area (Å²) in [6.45, 7) is 8.04. The van der Waals surface area contributed by atoms with Gasteiger partial charge in [0.15, 0.2) is 0 Å². The lowest BCUT2D eigenvalue weighted by Gasteiger charge is -2.30. The Morgan fingerprint density at radius 2 is 1.79 bits per heavy atom. The van der Waals surface area contributed by atoms with E-state index < -0.39 is 7.14 Å². The van der Waals surface area contributed by atoms with Crippen molar-refractivity contribution in [3.63, 3.8) is 0 Å². The number of hydrogen-bond acceptors (Lipinski definition) is 12. The summed E-state index contributed by atoms with van der Waals surface area (Å²) < 4.78 is 26.5. The van der Waals surface area contributed by atoms with E-state index in [1.807, 2.05) is 44.6 Å². The molecule has 0 spiro atoms. The zero-order valence-electron chi connectivity index (χ0n) is 24.7. The number of nitrogens with zero attached hydrogens (tertiary/aromatic N) is 8. The molecule has 0 saturated carbocycles. The number of pyridine rings is 1. The molecule has 14 heteroatoms. The smallest absolute Gasteiger partial charge is 0.239 e. The first kappa shape index (κ1) is 28.5. The molecule has 1 aromatic carbocycles. The van der Waals surface area contributed by atoms with Crippen molar-refractivity contribution >= 4 is 52.4 Å². The lowest BCUT2D eigenvalue weighted by atomic mass is 10.1. The number of methoxy groups -OCH3 is 1. The minimum Gasteiger partial charge on any atom is -0.479 e. The van der Waals surface area contributed by atoms with Crippen molar-refractivity contribution in [2.75, 3.05) is 62.3 Å². The number of fused-ring (bicyclic) bond motifs is 1. The van der Waals surface area contributed by atoms with Crippen LogP contribution in [0.4, 0.5) is 29.0 Å². The van der Waals surface area contributed by atoms with Crippen molar-refractivity contribution in [1.82, 2.24) is 34.7 Å². The van der Waals surface area contributed by atoms with Crippen LogP contribution in [0, 0.1) is 6.92 Å². The summed E-state index contributed by atoms with van der Waals surface area (Å²) in [5, 5.41) is 11.7. The van der Waals surface area contributed by atoms with Crippen molar-refractivity contribution in [3.8, 4) is 17.0 Å². The third-order valence-electron chi connectivity index (χ3n) is 7.11. The maximum absolute atomic E-state index is 13.4. The van der Waals surface area contributed by atoms with Gasteiger partial charge in [-0.15, -0.1) is 0 Å². The Bertz CT molecular complexity index is 1850. The van der Waals surface area contributed by atoms with Gasteiger partial charge in [-0.3, -0.25) is 14.6 Å². The zero-order valence-corrected chi connectivity index (χ0v) is 25.6. The second-order valence-electron chi connectivity index (χ2n) is 10.6. The molecule has 1 saturated heterocycles. The Kier molecular flexibility index (Phi) is 7.68. The molecular formula is C29H33N10O3P. The van der Waals surface area contributed by atoms with Crippen LogP contribution in [0.5, 0.6) is 5.88 Å². The van der Waals surface area contributed by atoms with Crippen molar-refractivity contribution in [2.24, 2.45) is 7.05 Å². The summed E-state index contributed by atoms with van der Waals surface area (Å²) in [7, 11) is 0.718. The van der Waals surface area contributed by atoms with E-state index in [1.54, 1.807) is 43.7 Å². The topological polar surface area (TPSA) is 145 Å². The lowest BCUT2D eigenvalue weighted by molar-refractivity contribution is 0.122. The van der Waals surface area contributed by atoms with Crippen LogP contribution < -0.4 is 25.6 Å². The lowest BCUT2D eigenvalue weighted by Crippen LogP contribution is -2.37. The first-order valence-corrected chi connectivity index (χ1v) is 16.4. The molecule has 222 valence electrons. The number of benzene rings is 1. The second-order valence-corrected chi connectivity index (χ2v) is 13.8. The van der Waals surface area contributed by atoms with Gasteiger partial charge in [0, 0.05) is 61.6 Å². The van der Waals surface area contributed by atoms with Gasteiger partial charge in [-0.1, -0.05) is 0 Å². The summed E-state index contributed by atoms with van der Waals surface area (Å²) in [6, 6.07) is 5.69. The quantitative estimate of drug-likeness (QED) is 0.247. The number of aromatic nitrogens is 7. The zero-order chi connectivity index (χ0) is 30.1. The maximum Gasteiger partial charge on any atom is 0.239 e. The molecule has 0 bridgehead atoms. The van der Waals surface area contributed by atoms with E-state index in [9.17, 15) is 4.57 Å². The highest BCUT2D eigenvalue weighted by molar-refractivity contribution is 7.71. The van der Waals surface area contributed by atoms with Crippen LogP contribution in [0.25, 0.3) is 22.2 Å². The van der Waals surface area contributed by atoms with Crippen molar-refractivity contribution in [2.45, 2.75) is 6.92 Å². The van der Waals surface area contributed by atoms with Crippen LogP contribution in [0.1, 0.15) is 5.56 Å². The third-order valence-corrected chi connectivity index (χ3v) is 8.64. The molecule has 1 aliphatic heterocycles. The molecule has 5 aromatic rings. The van der Waals surface area contributed by atoms with Crippen LogP contribution in [-0.2, 0) is 16.3 Å². The van der Waals surface area contributed by atoms with E-state index in [2.05, 4.69) is 35.6 Å². The minimum atomic E-state index is -2.75. The molecule has 0 atom stereocenters. The molecule has 43 heavy (non-hydrogen) atoms. The largest absolute Gasteiger partial charge is 0.479 e. The highest BCUT2D eigenvalue weighted by atomic mass is 31.2. The fourth-order valence-electron chi connectivity index (χ4n) is 5.07. The number of ether oxygens (including phenoxy) is 2. The van der Waals surface area contributed by atoms with Gasteiger partial charge < -0.3 is 29.6 Å². The van der Waals surface area contributed by atoms with E-state index in [-0.39, 0.29) is 0 Å². The van der Waals surface area contributed by atoms with Crippen LogP contribution in [0.3, 0.4) is 0 Å². The molecule has 0 radical (unpaired) electrons. The molecule has 1 aliphatic rings. The summed E-state index contributed by atoms with van der Waals surface area (Å²) >= 11 is 0. The number of anilines is 5. The van der Waals surface area contributed by atoms with E-state index in [0.717, 1.165) is 35.6 Å². The molecule has 13 nitrogen and oxygen atoms in total. The van der Waals surface area contributed by atoms with Crippen LogP contribution >= 0.6 is 7.14 Å². The summed E-state index contributed by atoms with van der Waals surface area (Å²) in [6.07, 6.45) is 8.72. The number of hydrogen-bond donors (Lipinski definition) is 2. The Labute approximate surface area is 249 Å². The minimum absolute atomic E-state index is 0.336. The van der Waals surface area contributed by atoms with E-state index in [0.29, 0.717) is 58.6 Å². The van der Waals surface area contributed by atoms with Gasteiger partial charge in [0.2, 0.25) is 11.8 Å². The maximum atomic E-state index is 13.4. The van der Waals surface area contributed by atoms with Gasteiger partial charge in [0.1, 0.15) is 30.0 Å². The van der Waals surface area contributed by atoms with E-state index in [1.165, 1.54) is 0 Å². The molecule has 6 rings (SSSR count). The van der Waals surface area contributed by atoms with Crippen LogP contribution in [0.2, 0.25) is 0 Å². The van der Waals surface area contributed by atoms with Crippen molar-refractivity contribution in [3.05, 3.63) is 54.7 Å². The normalized spacial score (nSPS) is 13.7. The number of morpholine rings is 1. The van der Waals surface area contributed by atoms with Gasteiger partial charge >= 0.3 is 0 Å². The first-order valence-electron chi connectivity index (χ1n) is 13.8. The number of aryl methyl sites for hydroxylation is 2. The average Bonchev–Trinajstić information content (AvgIpc) is 3.44. The average molecular weight is 601 g/mol. The monoisotopic (exact) mass is 600 g/mol. The second kappa shape index (κ2) is 11.6. The Morgan fingerprint density at radius 1 is 1.00 bits per heavy atom. The number of nitrogens with one attached hydrogen (secondary N) is 2. The Hall–Kier alpha value is -4.61. The predicted molar refractivity (Wildman–Crippen MR) is 168 cm³/mol. The fourth-order valence-corrected chi connectivity index (χ4v) is 6.46. The van der Waals surface area contributed by atoms with Gasteiger partial charge in [-0.2, -0.15) is 15.1 Å². The highest BCUT2D eigenvalue weighted by Gasteiger charge is 2.24. The Balaban J connectivity index is 1.38. The van der Waals surface area contributed by atoms with Crippen molar-refractivity contribution < 1.29 is 14.0 Å². The molecule has 5 heterocycles. The van der Waals surface area contributed by atoms with Gasteiger partial charge in [0.05, 0.1) is 43.0 Å². The standard InChI is InChI=1S/C29H33N10O3P/c1-18-15-32-29(36-26(18)34-22-7-6-21-24(31-9-8-30-21)25(22)43(4,5)40)35-23-14-20(19-16-33-38(2)17-19)27(37-28(23)41-3)39-10-12-42-13-11-39/h6-9,14-17H,10-13H2,1-5H3,(H2,32,34,35,36). The van der Waals surface area contributed by atoms with Gasteiger partial charge in [0.25, 0.3) is 0 Å². The van der Waals surface area contributed by atoms with Crippen molar-refractivity contribution in [1.29, 1.82) is 0 Å². The summed E-state index contributed by atoms with van der Waals surface area (Å²) in [4.78, 5) is 25.3.